The molecule has 0 saturated heterocycles. The Kier molecular flexibility index (Phi) is 34.6. The number of aliphatic carboxylic acids is 4. The second-order valence-corrected chi connectivity index (χ2v) is 36.4. The molecule has 135 heavy (non-hydrogen) atoms. The smallest absolute Gasteiger partial charge is 0.410 e. The highest BCUT2D eigenvalue weighted by Crippen LogP contribution is 2.38. The monoisotopic (exact) mass is 1880 g/mol. The SMILES string of the molecule is CN(C(=O)OCc1c(-c2ncc(O[C@H]3CCC[C@H](C(=O)O)C3)cn2)cnn1C)C1CCCC1.Cc1nc(-c2c(COC(=O)N(C)C3CCCC3)n(C)[nH]c2=O)ccc1O[C@H]1CCC[C@H](C(=O)O)C1.Cc1onc(-c2cnc(O[C@H]3CCC[C@H](C(=O)O)C3)c(F)n2)c1COC(=O)N(C)C1CCCC1.Cc1onc(-c2cnc(O[C@H]3CCC[C@H](C(=O)O)C3)cn2)c1COC(=O)N(C)C1CCCC1. The zero-order valence-electron chi connectivity index (χ0n) is 78.1. The normalized spacial score (nSPS) is 20.8. The summed E-state index contributed by atoms with van der Waals surface area (Å²) in [6, 6.07) is 4.32. The zero-order chi connectivity index (χ0) is 96.1. The number of pyridine rings is 1. The topological polar surface area (TPSA) is 502 Å². The summed E-state index contributed by atoms with van der Waals surface area (Å²) in [7, 11) is 10.5. The van der Waals surface area contributed by atoms with Crippen molar-refractivity contribution in [3.8, 4) is 68.7 Å². The number of halogens is 1. The molecule has 8 aromatic rings. The summed E-state index contributed by atoms with van der Waals surface area (Å²) in [5.74, 6) is -3.23. The van der Waals surface area contributed by atoms with Crippen molar-refractivity contribution in [1.82, 2.24) is 84.4 Å². The number of nitrogens with one attached hydrogen (secondary N) is 1. The quantitative estimate of drug-likeness (QED) is 0.0284. The molecule has 730 valence electrons. The molecule has 40 nitrogen and oxygen atoms in total. The predicted molar refractivity (Wildman–Crippen MR) is 480 cm³/mol. The number of aromatic amines is 1. The van der Waals surface area contributed by atoms with Gasteiger partial charge < -0.3 is 87.0 Å². The van der Waals surface area contributed by atoms with Crippen LogP contribution in [0.3, 0.4) is 0 Å². The lowest BCUT2D eigenvalue weighted by Gasteiger charge is -2.27. The van der Waals surface area contributed by atoms with Gasteiger partial charge in [-0.25, -0.2) is 54.1 Å². The average molecular weight is 1880 g/mol. The number of ether oxygens (including phenoxy) is 8. The van der Waals surface area contributed by atoms with Crippen molar-refractivity contribution in [2.45, 2.75) is 301 Å². The van der Waals surface area contributed by atoms with Gasteiger partial charge in [-0.2, -0.15) is 9.49 Å². The molecular formula is C94H124FN17O23. The van der Waals surface area contributed by atoms with Crippen LogP contribution in [-0.2, 0) is 78.6 Å². The molecule has 0 unspecified atom stereocenters. The Balaban J connectivity index is 0.000000152. The summed E-state index contributed by atoms with van der Waals surface area (Å²) in [6.07, 6.45) is 34.1. The lowest BCUT2D eigenvalue weighted by molar-refractivity contribution is -0.144. The van der Waals surface area contributed by atoms with Crippen molar-refractivity contribution in [3.63, 3.8) is 0 Å². The molecule has 0 aromatic carbocycles. The van der Waals surface area contributed by atoms with E-state index in [9.17, 15) is 68.0 Å². The minimum Gasteiger partial charge on any atom is -0.489 e. The molecule has 41 heteroatoms. The van der Waals surface area contributed by atoms with E-state index in [2.05, 4.69) is 55.4 Å². The summed E-state index contributed by atoms with van der Waals surface area (Å²) in [4.78, 5) is 144. The molecule has 8 aromatic heterocycles. The maximum absolute atomic E-state index is 14.7. The van der Waals surface area contributed by atoms with Gasteiger partial charge in [0.1, 0.15) is 78.7 Å². The van der Waals surface area contributed by atoms with E-state index in [0.29, 0.717) is 155 Å². The first-order valence-electron chi connectivity index (χ1n) is 46.9. The zero-order valence-corrected chi connectivity index (χ0v) is 78.1. The summed E-state index contributed by atoms with van der Waals surface area (Å²) in [6.45, 7) is 5.17. The Hall–Kier alpha value is -12.9. The molecule has 0 bridgehead atoms. The Morgan fingerprint density at radius 2 is 0.852 bits per heavy atom. The fourth-order valence-corrected chi connectivity index (χ4v) is 19.0. The van der Waals surface area contributed by atoms with Gasteiger partial charge in [0, 0.05) is 66.5 Å². The van der Waals surface area contributed by atoms with Crippen LogP contribution in [0.1, 0.15) is 245 Å². The molecule has 16 rings (SSSR count). The van der Waals surface area contributed by atoms with Crippen LogP contribution in [-0.4, -0.2) is 230 Å². The van der Waals surface area contributed by atoms with Crippen molar-refractivity contribution >= 4 is 48.3 Å². The highest BCUT2D eigenvalue weighted by molar-refractivity contribution is 5.73. The van der Waals surface area contributed by atoms with Crippen molar-refractivity contribution < 1.29 is 110 Å². The first kappa shape index (κ1) is 99.6. The number of amides is 4. The van der Waals surface area contributed by atoms with Gasteiger partial charge >= 0.3 is 48.3 Å². The van der Waals surface area contributed by atoms with Crippen LogP contribution in [0.4, 0.5) is 23.6 Å². The highest BCUT2D eigenvalue weighted by atomic mass is 19.1. The van der Waals surface area contributed by atoms with Gasteiger partial charge in [0.25, 0.3) is 17.4 Å². The molecule has 0 aliphatic heterocycles. The Morgan fingerprint density at radius 1 is 0.444 bits per heavy atom. The number of aromatic nitrogens is 13. The maximum Gasteiger partial charge on any atom is 0.410 e. The molecular weight excluding hydrogens is 1750 g/mol. The molecule has 5 N–H and O–H groups in total. The third-order valence-electron chi connectivity index (χ3n) is 27.2. The number of carbonyl (C=O) groups excluding carboxylic acids is 4. The standard InChI is InChI=1S/C25H34N4O6.C23H29FN4O6.C23H31N5O5.C23H30N4O6/c1-15-21(35-18-10-6-7-16(13-18)24(31)32)12-11-19(26-15)22-20(29(3)27-23(22)30)14-34-25(33)28(2)17-8-4-5-9-17;1-13-17(12-32-23(31)28(2)15-7-3-4-8-15)19(27-34-13)18-11-25-21(20(24)26-18)33-16-9-5-6-14(10-16)22(29)30;1-27(16-7-3-4-8-16)23(31)32-14-20-19(13-26-28(20)2)21-24-11-18(12-25-21)33-17-9-5-6-15(10-17)22(29)30;1-14-18(13-31-23(30)27(2)16-7-3-4-8-16)21(26-33-14)19-11-25-20(12-24-19)32-17-9-5-6-15(10-17)22(28)29/h11-12,16-18H,4-10,13-14H2,1-3H3,(H,27,30)(H,31,32);11,14-16H,3-10,12H2,1-2H3,(H,29,30);11-13,15-17H,3-10,14H2,1-2H3,(H,29,30);11-12,15-17H,3-10,13H2,1-2H3,(H,28,29)/t16-,18-;14-,16-;2*15-,17-/m0000/s1. The van der Waals surface area contributed by atoms with Crippen molar-refractivity contribution in [1.29, 1.82) is 0 Å². The Morgan fingerprint density at radius 3 is 1.27 bits per heavy atom. The number of carboxylic acid groups (broad SMARTS) is 4. The van der Waals surface area contributed by atoms with Crippen molar-refractivity contribution in [2.75, 3.05) is 28.2 Å². The van der Waals surface area contributed by atoms with Gasteiger partial charge in [-0.3, -0.25) is 38.4 Å². The second kappa shape index (κ2) is 46.9. The Labute approximate surface area is 780 Å². The first-order valence-corrected chi connectivity index (χ1v) is 46.9. The average Bonchev–Trinajstić information content (AvgIpc) is 1.67. The van der Waals surface area contributed by atoms with Gasteiger partial charge in [0.2, 0.25) is 5.88 Å². The number of carbonyl (C=O) groups is 8. The van der Waals surface area contributed by atoms with Crippen LogP contribution in [0.5, 0.6) is 23.3 Å². The van der Waals surface area contributed by atoms with Crippen LogP contribution >= 0.6 is 0 Å². The molecule has 8 saturated carbocycles. The third kappa shape index (κ3) is 26.2. The number of aryl methyl sites for hydroxylation is 5. The summed E-state index contributed by atoms with van der Waals surface area (Å²) >= 11 is 0. The van der Waals surface area contributed by atoms with Crippen LogP contribution in [0.25, 0.3) is 45.4 Å². The van der Waals surface area contributed by atoms with Crippen LogP contribution in [0.2, 0.25) is 0 Å². The van der Waals surface area contributed by atoms with Crippen molar-refractivity contribution in [3.05, 3.63) is 105 Å². The fraction of sp³-hybridized carbons (Fsp3) is 0.606. The van der Waals surface area contributed by atoms with E-state index < -0.39 is 54.0 Å². The summed E-state index contributed by atoms with van der Waals surface area (Å²) < 4.78 is 74.1. The highest BCUT2D eigenvalue weighted by Gasteiger charge is 2.37. The fourth-order valence-electron chi connectivity index (χ4n) is 19.0. The summed E-state index contributed by atoms with van der Waals surface area (Å²) in [5.41, 5.74) is 5.41. The Bertz CT molecular complexity index is 5270. The largest absolute Gasteiger partial charge is 0.489 e. The lowest BCUT2D eigenvalue weighted by Crippen LogP contribution is -2.35. The first-order chi connectivity index (χ1) is 64.9. The predicted octanol–water partition coefficient (Wildman–Crippen LogP) is 15.1. The van der Waals surface area contributed by atoms with Crippen LogP contribution in [0.15, 0.2) is 63.2 Å². The van der Waals surface area contributed by atoms with E-state index in [-0.39, 0.29) is 122 Å². The molecule has 8 atom stereocenters. The molecule has 8 aliphatic rings. The van der Waals surface area contributed by atoms with Crippen molar-refractivity contribution in [2.24, 2.45) is 37.8 Å². The van der Waals surface area contributed by atoms with Crippen LogP contribution in [0, 0.1) is 50.4 Å². The molecule has 0 spiro atoms. The number of nitrogens with zero attached hydrogens (tertiary/aromatic N) is 16. The van der Waals surface area contributed by atoms with Gasteiger partial charge in [-0.05, 0) is 187 Å². The minimum absolute atomic E-state index is 0.0269. The van der Waals surface area contributed by atoms with Gasteiger partial charge in [-0.1, -0.05) is 61.7 Å². The molecule has 8 aliphatic carbocycles. The molecule has 8 heterocycles. The molecule has 8 fully saturated rings. The molecule has 4 amide bonds. The number of hydrogen-bond donors (Lipinski definition) is 5. The third-order valence-corrected chi connectivity index (χ3v) is 27.2. The lowest BCUT2D eigenvalue weighted by atomic mass is 9.87. The second-order valence-electron chi connectivity index (χ2n) is 36.4. The van der Waals surface area contributed by atoms with E-state index in [1.165, 1.54) is 18.6 Å². The van der Waals surface area contributed by atoms with E-state index in [1.807, 2.05) is 0 Å². The van der Waals surface area contributed by atoms with E-state index in [4.69, 9.17) is 46.9 Å². The summed E-state index contributed by atoms with van der Waals surface area (Å²) in [5, 5.41) is 52.1. The number of hydrogen-bond acceptors (Lipinski definition) is 29. The molecule has 0 radical (unpaired) electrons. The van der Waals surface area contributed by atoms with E-state index in [0.717, 1.165) is 141 Å². The maximum atomic E-state index is 14.7. The number of H-pyrrole nitrogens is 1. The van der Waals surface area contributed by atoms with E-state index >= 15 is 0 Å². The van der Waals surface area contributed by atoms with Crippen LogP contribution < -0.4 is 24.5 Å². The van der Waals surface area contributed by atoms with Gasteiger partial charge in [-0.15, -0.1) is 0 Å². The van der Waals surface area contributed by atoms with E-state index in [1.54, 1.807) is 123 Å². The number of carboxylic acids is 4. The van der Waals surface area contributed by atoms with Gasteiger partial charge in [0.15, 0.2) is 11.6 Å². The minimum atomic E-state index is -0.931. The number of rotatable bonds is 28. The van der Waals surface area contributed by atoms with Gasteiger partial charge in [0.05, 0.1) is 118 Å².